The smallest absolute Gasteiger partial charge is 0.267 e. The number of hydrogen-bond donors (Lipinski definition) is 2. The molecule has 0 amide bonds. The van der Waals surface area contributed by atoms with Crippen molar-refractivity contribution in [2.24, 2.45) is 0 Å². The minimum Gasteiger partial charge on any atom is -0.378 e. The van der Waals surface area contributed by atoms with E-state index in [0.717, 1.165) is 24.3 Å². The predicted octanol–water partition coefficient (Wildman–Crippen LogP) is 3.79. The number of ether oxygens (including phenoxy) is 1. The number of nitrogens with two attached hydrogens (primary N) is 1. The van der Waals surface area contributed by atoms with E-state index >= 15 is 4.39 Å². The van der Waals surface area contributed by atoms with Crippen LogP contribution in [-0.4, -0.2) is 59.6 Å². The first-order valence-corrected chi connectivity index (χ1v) is 14.0. The molecular formula is C27H21F3N8O3S. The van der Waals surface area contributed by atoms with Gasteiger partial charge in [-0.2, -0.15) is 0 Å². The maximum Gasteiger partial charge on any atom is 0.267 e. The number of sulfonamides is 1. The molecular weight excluding hydrogens is 573 g/mol. The van der Waals surface area contributed by atoms with E-state index in [9.17, 15) is 17.2 Å². The number of anilines is 3. The van der Waals surface area contributed by atoms with E-state index in [1.807, 2.05) is 9.62 Å². The summed E-state index contributed by atoms with van der Waals surface area (Å²) in [6, 6.07) is 9.71. The zero-order valence-electron chi connectivity index (χ0n) is 21.6. The second-order valence-electron chi connectivity index (χ2n) is 9.19. The summed E-state index contributed by atoms with van der Waals surface area (Å²) in [6.07, 6.45) is 3.01. The van der Waals surface area contributed by atoms with Crippen molar-refractivity contribution >= 4 is 38.5 Å². The molecule has 3 N–H and O–H groups in total. The molecule has 1 saturated heterocycles. The van der Waals surface area contributed by atoms with Crippen molar-refractivity contribution < 1.29 is 26.3 Å². The van der Waals surface area contributed by atoms with Gasteiger partial charge in [0.15, 0.2) is 22.4 Å². The Morgan fingerprint density at radius 3 is 2.29 bits per heavy atom. The molecule has 214 valence electrons. The maximum atomic E-state index is 15.7. The molecule has 11 nitrogen and oxygen atoms in total. The molecule has 15 heteroatoms. The third-order valence-corrected chi connectivity index (χ3v) is 7.89. The summed E-state index contributed by atoms with van der Waals surface area (Å²) < 4.78 is 77.1. The van der Waals surface area contributed by atoms with Crippen LogP contribution in [0.25, 0.3) is 33.7 Å². The number of morpholine rings is 1. The van der Waals surface area contributed by atoms with Gasteiger partial charge in [-0.25, -0.2) is 46.5 Å². The molecule has 0 unspecified atom stereocenters. The number of fused-ring (bicyclic) bond motifs is 1. The van der Waals surface area contributed by atoms with Crippen LogP contribution in [0.15, 0.2) is 65.8 Å². The second kappa shape index (κ2) is 10.8. The molecule has 0 spiro atoms. The molecule has 0 saturated carbocycles. The fourth-order valence-corrected chi connectivity index (χ4v) is 5.67. The number of benzene rings is 2. The van der Waals surface area contributed by atoms with Crippen LogP contribution in [0.5, 0.6) is 0 Å². The average molecular weight is 595 g/mol. The highest BCUT2D eigenvalue weighted by molar-refractivity contribution is 7.92. The minimum atomic E-state index is -4.80. The summed E-state index contributed by atoms with van der Waals surface area (Å²) in [5.74, 6) is -2.70. The number of pyridine rings is 1. The Morgan fingerprint density at radius 2 is 1.57 bits per heavy atom. The molecule has 1 aliphatic rings. The summed E-state index contributed by atoms with van der Waals surface area (Å²) >= 11 is 0. The van der Waals surface area contributed by atoms with E-state index < -0.39 is 38.1 Å². The maximum absolute atomic E-state index is 15.7. The number of nitrogens with one attached hydrogen (secondary N) is 1. The summed E-state index contributed by atoms with van der Waals surface area (Å²) in [5.41, 5.74) is 6.55. The third kappa shape index (κ3) is 5.14. The minimum absolute atomic E-state index is 0.0601. The van der Waals surface area contributed by atoms with Crippen LogP contribution in [-0.2, 0) is 14.8 Å². The Balaban J connectivity index is 1.43. The van der Waals surface area contributed by atoms with E-state index in [1.54, 1.807) is 6.07 Å². The Bertz CT molecular complexity index is 1900. The standard InChI is InChI=1S/C27H21F3N8O3S/c28-17-4-2-5-18(29)24(17)42(39,40)37-20-6-1-3-16(22(20)30)19-7-8-21-23(34-19)26(38-9-11-41-12-10-38)36-25(35-21)15-13-32-27(31)33-14-15/h1-8,13-14,37H,9-12H2,(H2,31,32,33). The zero-order valence-corrected chi connectivity index (χ0v) is 22.4. The van der Waals surface area contributed by atoms with Gasteiger partial charge in [-0.1, -0.05) is 12.1 Å². The van der Waals surface area contributed by atoms with E-state index in [1.165, 1.54) is 30.6 Å². The Hall–Kier alpha value is -4.89. The number of halogens is 3. The third-order valence-electron chi connectivity index (χ3n) is 6.47. The van der Waals surface area contributed by atoms with Crippen molar-refractivity contribution in [3.63, 3.8) is 0 Å². The first-order chi connectivity index (χ1) is 20.2. The molecule has 0 aliphatic carbocycles. The van der Waals surface area contributed by atoms with Crippen molar-refractivity contribution in [1.29, 1.82) is 0 Å². The van der Waals surface area contributed by atoms with Gasteiger partial charge in [-0.05, 0) is 36.4 Å². The van der Waals surface area contributed by atoms with Crippen molar-refractivity contribution in [3.8, 4) is 22.6 Å². The quantitative estimate of drug-likeness (QED) is 0.297. The van der Waals surface area contributed by atoms with Crippen molar-refractivity contribution in [1.82, 2.24) is 24.9 Å². The Labute approximate surface area is 237 Å². The summed E-state index contributed by atoms with van der Waals surface area (Å²) in [5, 5.41) is 0. The number of nitrogens with zero attached hydrogens (tertiary/aromatic N) is 6. The molecule has 42 heavy (non-hydrogen) atoms. The van der Waals surface area contributed by atoms with Gasteiger partial charge in [0.2, 0.25) is 5.95 Å². The number of aromatic nitrogens is 5. The number of rotatable bonds is 6. The Morgan fingerprint density at radius 1 is 0.881 bits per heavy atom. The van der Waals surface area contributed by atoms with E-state index in [4.69, 9.17) is 15.5 Å². The molecule has 2 aromatic carbocycles. The van der Waals surface area contributed by atoms with Crippen LogP contribution < -0.4 is 15.4 Å². The van der Waals surface area contributed by atoms with Crippen LogP contribution in [0.2, 0.25) is 0 Å². The fourth-order valence-electron chi connectivity index (χ4n) is 4.47. The molecule has 0 radical (unpaired) electrons. The SMILES string of the molecule is Nc1ncc(-c2nc(N3CCOCC3)c3nc(-c4cccc(NS(=O)(=O)c5c(F)cccc5F)c4F)ccc3n2)cn1. The van der Waals surface area contributed by atoms with Crippen LogP contribution in [0.1, 0.15) is 0 Å². The molecule has 1 aliphatic heterocycles. The monoisotopic (exact) mass is 594 g/mol. The number of hydrogen-bond acceptors (Lipinski definition) is 10. The Kier molecular flexibility index (Phi) is 7.04. The number of nitrogen functional groups attached to an aromatic ring is 1. The second-order valence-corrected chi connectivity index (χ2v) is 10.8. The van der Waals surface area contributed by atoms with Gasteiger partial charge in [-0.3, -0.25) is 4.72 Å². The molecule has 1 fully saturated rings. The fraction of sp³-hybridized carbons (Fsp3) is 0.148. The van der Waals surface area contributed by atoms with Crippen molar-refractivity contribution in [2.45, 2.75) is 4.90 Å². The van der Waals surface area contributed by atoms with Gasteiger partial charge in [0.1, 0.15) is 17.2 Å². The zero-order chi connectivity index (χ0) is 29.4. The topological polar surface area (TPSA) is 149 Å². The first kappa shape index (κ1) is 27.3. The van der Waals surface area contributed by atoms with Crippen LogP contribution in [0, 0.1) is 17.5 Å². The van der Waals surface area contributed by atoms with Crippen LogP contribution in [0.4, 0.5) is 30.6 Å². The van der Waals surface area contributed by atoms with Gasteiger partial charge < -0.3 is 15.4 Å². The normalized spacial score (nSPS) is 13.8. The molecule has 5 aromatic rings. The summed E-state index contributed by atoms with van der Waals surface area (Å²) in [7, 11) is -4.80. The van der Waals surface area contributed by atoms with Gasteiger partial charge in [0, 0.05) is 31.0 Å². The van der Waals surface area contributed by atoms with E-state index in [-0.39, 0.29) is 17.2 Å². The highest BCUT2D eigenvalue weighted by Crippen LogP contribution is 2.33. The van der Waals surface area contributed by atoms with Crippen LogP contribution in [0.3, 0.4) is 0 Å². The van der Waals surface area contributed by atoms with Crippen LogP contribution >= 0.6 is 0 Å². The highest BCUT2D eigenvalue weighted by atomic mass is 32.2. The lowest BCUT2D eigenvalue weighted by atomic mass is 10.1. The summed E-state index contributed by atoms with van der Waals surface area (Å²) in [6.45, 7) is 1.97. The van der Waals surface area contributed by atoms with E-state index in [0.29, 0.717) is 54.5 Å². The molecule has 6 rings (SSSR count). The van der Waals surface area contributed by atoms with Crippen molar-refractivity contribution in [3.05, 3.63) is 78.4 Å². The lowest BCUT2D eigenvalue weighted by molar-refractivity contribution is 0.122. The molecule has 0 atom stereocenters. The first-order valence-electron chi connectivity index (χ1n) is 12.6. The van der Waals surface area contributed by atoms with E-state index in [2.05, 4.69) is 19.9 Å². The average Bonchev–Trinajstić information content (AvgIpc) is 2.98. The predicted molar refractivity (Wildman–Crippen MR) is 148 cm³/mol. The molecule has 4 heterocycles. The van der Waals surface area contributed by atoms with Gasteiger partial charge >= 0.3 is 0 Å². The van der Waals surface area contributed by atoms with Crippen molar-refractivity contribution in [2.75, 3.05) is 41.7 Å². The highest BCUT2D eigenvalue weighted by Gasteiger charge is 2.26. The lowest BCUT2D eigenvalue weighted by Crippen LogP contribution is -2.37. The lowest BCUT2D eigenvalue weighted by Gasteiger charge is -2.28. The molecule has 0 bridgehead atoms. The van der Waals surface area contributed by atoms with Gasteiger partial charge in [0.25, 0.3) is 10.0 Å². The molecule has 3 aromatic heterocycles. The van der Waals surface area contributed by atoms with Gasteiger partial charge in [-0.15, -0.1) is 0 Å². The summed E-state index contributed by atoms with van der Waals surface area (Å²) in [4.78, 5) is 22.7. The van der Waals surface area contributed by atoms with Gasteiger partial charge in [0.05, 0.1) is 35.7 Å². The largest absolute Gasteiger partial charge is 0.378 e.